The molecule has 1 heterocycles. The average molecular weight is 239 g/mol. The summed E-state index contributed by atoms with van der Waals surface area (Å²) in [5.41, 5.74) is -0.381. The fraction of sp³-hybridized carbons (Fsp3) is 1.00. The lowest BCUT2D eigenvalue weighted by Crippen LogP contribution is -2.61. The van der Waals surface area contributed by atoms with Crippen LogP contribution in [0.4, 0.5) is 0 Å². The van der Waals surface area contributed by atoms with Crippen molar-refractivity contribution in [3.8, 4) is 0 Å². The van der Waals surface area contributed by atoms with Crippen LogP contribution in [0.25, 0.3) is 0 Å². The van der Waals surface area contributed by atoms with Gasteiger partial charge in [-0.25, -0.2) is 0 Å². The molecule has 0 aromatic heterocycles. The summed E-state index contributed by atoms with van der Waals surface area (Å²) in [6.45, 7) is 3.72. The Hall–Kier alpha value is -0.120. The Morgan fingerprint density at radius 2 is 1.76 bits per heavy atom. The summed E-state index contributed by atoms with van der Waals surface area (Å²) in [6, 6.07) is 0.408. The van der Waals surface area contributed by atoms with Crippen molar-refractivity contribution in [2.45, 2.75) is 56.6 Å². The lowest BCUT2D eigenvalue weighted by atomic mass is 9.64. The molecule has 3 rings (SSSR count). The van der Waals surface area contributed by atoms with Gasteiger partial charge in [0, 0.05) is 19.1 Å². The van der Waals surface area contributed by atoms with Crippen LogP contribution in [-0.2, 0) is 4.74 Å². The maximum absolute atomic E-state index is 11.1. The van der Waals surface area contributed by atoms with Gasteiger partial charge in [0.25, 0.3) is 0 Å². The third kappa shape index (κ3) is 2.13. The van der Waals surface area contributed by atoms with E-state index in [1.54, 1.807) is 0 Å². The third-order valence-corrected chi connectivity index (χ3v) is 5.18. The predicted molar refractivity (Wildman–Crippen MR) is 66.9 cm³/mol. The highest BCUT2D eigenvalue weighted by atomic mass is 16.5. The van der Waals surface area contributed by atoms with Gasteiger partial charge in [-0.05, 0) is 31.6 Å². The summed E-state index contributed by atoms with van der Waals surface area (Å²) in [7, 11) is 0. The van der Waals surface area contributed by atoms with Gasteiger partial charge in [0.1, 0.15) is 0 Å². The van der Waals surface area contributed by atoms with Crippen LogP contribution in [0.1, 0.15) is 44.9 Å². The molecule has 0 aromatic rings. The molecule has 17 heavy (non-hydrogen) atoms. The number of aliphatic hydroxyl groups is 1. The van der Waals surface area contributed by atoms with Crippen molar-refractivity contribution in [1.29, 1.82) is 0 Å². The van der Waals surface area contributed by atoms with E-state index in [0.717, 1.165) is 32.7 Å². The first-order valence-corrected chi connectivity index (χ1v) is 7.35. The number of morpholine rings is 1. The molecule has 98 valence electrons. The van der Waals surface area contributed by atoms with Crippen LogP contribution < -0.4 is 0 Å². The molecule has 0 bridgehead atoms. The number of rotatable bonds is 1. The van der Waals surface area contributed by atoms with Crippen molar-refractivity contribution in [2.75, 3.05) is 26.3 Å². The van der Waals surface area contributed by atoms with Gasteiger partial charge in [-0.1, -0.05) is 19.3 Å². The van der Waals surface area contributed by atoms with Gasteiger partial charge in [0.15, 0.2) is 0 Å². The van der Waals surface area contributed by atoms with E-state index in [2.05, 4.69) is 4.90 Å². The van der Waals surface area contributed by atoms with Crippen LogP contribution in [0.5, 0.6) is 0 Å². The van der Waals surface area contributed by atoms with Gasteiger partial charge in [0.05, 0.1) is 18.8 Å². The topological polar surface area (TPSA) is 32.7 Å². The zero-order valence-electron chi connectivity index (χ0n) is 10.7. The van der Waals surface area contributed by atoms with E-state index in [9.17, 15) is 5.11 Å². The van der Waals surface area contributed by atoms with Gasteiger partial charge in [-0.3, -0.25) is 4.90 Å². The first-order valence-electron chi connectivity index (χ1n) is 7.35. The second-order valence-corrected chi connectivity index (χ2v) is 6.03. The number of hydrogen-bond acceptors (Lipinski definition) is 3. The standard InChI is InChI=1S/C14H25NO2/c16-14-7-2-1-4-12(14)5-3-6-13(14)15-8-10-17-11-9-15/h12-13,16H,1-11H2/t12-,13?,14+/m1/s1. The molecule has 3 atom stereocenters. The Balaban J connectivity index is 1.76. The maximum atomic E-state index is 11.1. The molecule has 3 fully saturated rings. The molecule has 3 aliphatic rings. The molecule has 0 amide bonds. The Kier molecular flexibility index (Phi) is 3.42. The summed E-state index contributed by atoms with van der Waals surface area (Å²) in [5.74, 6) is 0.567. The van der Waals surface area contributed by atoms with Gasteiger partial charge < -0.3 is 9.84 Å². The zero-order valence-corrected chi connectivity index (χ0v) is 10.7. The van der Waals surface area contributed by atoms with Crippen LogP contribution in [0.2, 0.25) is 0 Å². The molecule has 2 saturated carbocycles. The second-order valence-electron chi connectivity index (χ2n) is 6.03. The van der Waals surface area contributed by atoms with Crippen molar-refractivity contribution in [3.63, 3.8) is 0 Å². The fourth-order valence-corrected chi connectivity index (χ4v) is 4.28. The highest BCUT2D eigenvalue weighted by Crippen LogP contribution is 2.45. The van der Waals surface area contributed by atoms with Crippen molar-refractivity contribution in [1.82, 2.24) is 4.90 Å². The minimum Gasteiger partial charge on any atom is -0.388 e. The second kappa shape index (κ2) is 4.87. The summed E-state index contributed by atoms with van der Waals surface area (Å²) >= 11 is 0. The van der Waals surface area contributed by atoms with Crippen LogP contribution >= 0.6 is 0 Å². The molecular formula is C14H25NO2. The van der Waals surface area contributed by atoms with Crippen molar-refractivity contribution in [3.05, 3.63) is 0 Å². The molecule has 0 radical (unpaired) electrons. The van der Waals surface area contributed by atoms with Crippen LogP contribution in [-0.4, -0.2) is 48.0 Å². The van der Waals surface area contributed by atoms with E-state index < -0.39 is 0 Å². The van der Waals surface area contributed by atoms with E-state index in [-0.39, 0.29) is 5.60 Å². The Bertz CT molecular complexity index is 263. The van der Waals surface area contributed by atoms with E-state index in [0.29, 0.717) is 12.0 Å². The number of fused-ring (bicyclic) bond motifs is 1. The summed E-state index contributed by atoms with van der Waals surface area (Å²) in [4.78, 5) is 2.50. The van der Waals surface area contributed by atoms with Gasteiger partial charge in [-0.15, -0.1) is 0 Å². The molecule has 0 spiro atoms. The zero-order chi connectivity index (χ0) is 11.7. The minimum atomic E-state index is -0.381. The number of hydrogen-bond donors (Lipinski definition) is 1. The van der Waals surface area contributed by atoms with Crippen molar-refractivity contribution < 1.29 is 9.84 Å². The summed E-state index contributed by atoms with van der Waals surface area (Å²) in [5, 5.41) is 11.1. The number of ether oxygens (including phenoxy) is 1. The normalized spacial score (nSPS) is 44.3. The molecule has 1 saturated heterocycles. The van der Waals surface area contributed by atoms with E-state index >= 15 is 0 Å². The van der Waals surface area contributed by atoms with Gasteiger partial charge in [0.2, 0.25) is 0 Å². The smallest absolute Gasteiger partial charge is 0.0830 e. The Morgan fingerprint density at radius 1 is 1.00 bits per heavy atom. The third-order valence-electron chi connectivity index (χ3n) is 5.18. The van der Waals surface area contributed by atoms with E-state index in [1.165, 1.54) is 38.5 Å². The molecule has 3 heteroatoms. The molecule has 1 aliphatic heterocycles. The maximum Gasteiger partial charge on any atom is 0.0830 e. The highest BCUT2D eigenvalue weighted by Gasteiger charge is 2.49. The molecule has 0 aromatic carbocycles. The minimum absolute atomic E-state index is 0.381. The van der Waals surface area contributed by atoms with Crippen molar-refractivity contribution >= 4 is 0 Å². The molecular weight excluding hydrogens is 214 g/mol. The van der Waals surface area contributed by atoms with E-state index in [4.69, 9.17) is 4.74 Å². The van der Waals surface area contributed by atoms with Crippen molar-refractivity contribution in [2.24, 2.45) is 5.92 Å². The van der Waals surface area contributed by atoms with Crippen LogP contribution in [0.3, 0.4) is 0 Å². The molecule has 3 nitrogen and oxygen atoms in total. The summed E-state index contributed by atoms with van der Waals surface area (Å²) < 4.78 is 5.44. The van der Waals surface area contributed by atoms with Crippen LogP contribution in [0.15, 0.2) is 0 Å². The molecule has 1 N–H and O–H groups in total. The highest BCUT2D eigenvalue weighted by molar-refractivity contribution is 5.03. The average Bonchev–Trinajstić information content (AvgIpc) is 2.38. The lowest BCUT2D eigenvalue weighted by Gasteiger charge is -2.53. The van der Waals surface area contributed by atoms with Crippen LogP contribution in [0, 0.1) is 5.92 Å². The van der Waals surface area contributed by atoms with Gasteiger partial charge >= 0.3 is 0 Å². The van der Waals surface area contributed by atoms with Gasteiger partial charge in [-0.2, -0.15) is 0 Å². The fourth-order valence-electron chi connectivity index (χ4n) is 4.28. The molecule has 1 unspecified atom stereocenters. The first-order chi connectivity index (χ1) is 8.31. The molecule has 2 aliphatic carbocycles. The Morgan fingerprint density at radius 3 is 2.59 bits per heavy atom. The SMILES string of the molecule is O[C@@]12CCCC[C@@H]1CCCC2N1CCOCC1. The monoisotopic (exact) mass is 239 g/mol. The van der Waals surface area contributed by atoms with E-state index in [1.807, 2.05) is 0 Å². The first kappa shape index (κ1) is 11.9. The number of nitrogens with zero attached hydrogens (tertiary/aromatic N) is 1. The summed E-state index contributed by atoms with van der Waals surface area (Å²) in [6.07, 6.45) is 8.55. The predicted octanol–water partition coefficient (Wildman–Crippen LogP) is 1.79. The Labute approximate surface area is 104 Å². The quantitative estimate of drug-likeness (QED) is 0.757. The lowest BCUT2D eigenvalue weighted by molar-refractivity contribution is -0.145. The largest absolute Gasteiger partial charge is 0.388 e.